The Morgan fingerprint density at radius 3 is 2.92 bits per heavy atom. The van der Waals surface area contributed by atoms with Crippen LogP contribution >= 0.6 is 0 Å². The van der Waals surface area contributed by atoms with Crippen molar-refractivity contribution >= 4 is 5.91 Å². The largest absolute Gasteiger partial charge is 0.338 e. The van der Waals surface area contributed by atoms with E-state index in [-0.39, 0.29) is 5.92 Å². The van der Waals surface area contributed by atoms with Crippen LogP contribution in [0.15, 0.2) is 18.3 Å². The summed E-state index contributed by atoms with van der Waals surface area (Å²) < 4.78 is 0. The molecule has 128 valence electrons. The van der Waals surface area contributed by atoms with E-state index >= 15 is 0 Å². The molecule has 5 heteroatoms. The van der Waals surface area contributed by atoms with Crippen molar-refractivity contribution in [1.82, 2.24) is 19.8 Å². The minimum absolute atomic E-state index is 0.170. The molecule has 0 saturated carbocycles. The molecule has 0 N–H and O–H groups in total. The van der Waals surface area contributed by atoms with Crippen molar-refractivity contribution < 1.29 is 4.79 Å². The first-order valence-corrected chi connectivity index (χ1v) is 9.21. The third-order valence-electron chi connectivity index (χ3n) is 5.70. The van der Waals surface area contributed by atoms with Crippen molar-refractivity contribution in [1.29, 1.82) is 0 Å². The highest BCUT2D eigenvalue weighted by Gasteiger charge is 2.30. The quantitative estimate of drug-likeness (QED) is 0.784. The smallest absolute Gasteiger partial charge is 0.226 e. The summed E-state index contributed by atoms with van der Waals surface area (Å²) in [6.45, 7) is 2.60. The maximum absolute atomic E-state index is 12.7. The van der Waals surface area contributed by atoms with E-state index in [1.54, 1.807) is 0 Å². The molecular weight excluding hydrogens is 300 g/mol. The Kier molecular flexibility index (Phi) is 4.35. The van der Waals surface area contributed by atoms with E-state index < -0.39 is 0 Å². The molecule has 0 aromatic carbocycles. The molecule has 1 amide bonds. The number of allylic oxidation sites excluding steroid dienone is 2. The number of aromatic nitrogens is 2. The molecule has 2 aliphatic heterocycles. The van der Waals surface area contributed by atoms with Crippen molar-refractivity contribution in [2.45, 2.75) is 51.1 Å². The van der Waals surface area contributed by atoms with Crippen LogP contribution in [0.5, 0.6) is 0 Å². The van der Waals surface area contributed by atoms with Crippen molar-refractivity contribution in [3.63, 3.8) is 0 Å². The van der Waals surface area contributed by atoms with Crippen LogP contribution in [-0.2, 0) is 17.8 Å². The van der Waals surface area contributed by atoms with Gasteiger partial charge in [-0.25, -0.2) is 9.97 Å². The fourth-order valence-corrected chi connectivity index (χ4v) is 4.19. The highest BCUT2D eigenvalue weighted by molar-refractivity contribution is 5.79. The van der Waals surface area contributed by atoms with E-state index in [1.165, 1.54) is 6.42 Å². The Bertz CT molecular complexity index is 657. The number of rotatable bonds is 2. The number of amides is 1. The van der Waals surface area contributed by atoms with E-state index in [1.807, 2.05) is 11.1 Å². The van der Waals surface area contributed by atoms with Gasteiger partial charge in [0.05, 0.1) is 11.7 Å². The van der Waals surface area contributed by atoms with Gasteiger partial charge >= 0.3 is 0 Å². The maximum Gasteiger partial charge on any atom is 0.226 e. The molecule has 5 nitrogen and oxygen atoms in total. The lowest BCUT2D eigenvalue weighted by Crippen LogP contribution is -2.40. The predicted octanol–water partition coefficient (Wildman–Crippen LogP) is 2.48. The van der Waals surface area contributed by atoms with E-state index in [0.717, 1.165) is 62.3 Å². The minimum Gasteiger partial charge on any atom is -0.338 e. The third-order valence-corrected chi connectivity index (χ3v) is 5.70. The summed E-state index contributed by atoms with van der Waals surface area (Å²) in [6.07, 6.45) is 12.4. The first-order chi connectivity index (χ1) is 11.7. The van der Waals surface area contributed by atoms with Crippen LogP contribution < -0.4 is 0 Å². The Hall–Kier alpha value is -1.75. The average molecular weight is 326 g/mol. The van der Waals surface area contributed by atoms with Gasteiger partial charge in [-0.15, -0.1) is 0 Å². The maximum atomic E-state index is 12.7. The Morgan fingerprint density at radius 1 is 1.25 bits per heavy atom. The molecule has 0 radical (unpaired) electrons. The summed E-state index contributed by atoms with van der Waals surface area (Å²) in [5.74, 6) is 1.44. The van der Waals surface area contributed by atoms with Crippen molar-refractivity contribution in [3.8, 4) is 0 Å². The van der Waals surface area contributed by atoms with Crippen LogP contribution in [0.3, 0.4) is 0 Å². The van der Waals surface area contributed by atoms with E-state index in [4.69, 9.17) is 4.98 Å². The Morgan fingerprint density at radius 2 is 2.17 bits per heavy atom. The molecular formula is C19H26N4O. The topological polar surface area (TPSA) is 49.3 Å². The van der Waals surface area contributed by atoms with Crippen molar-refractivity contribution in [2.75, 3.05) is 20.1 Å². The summed E-state index contributed by atoms with van der Waals surface area (Å²) in [4.78, 5) is 26.6. The van der Waals surface area contributed by atoms with Gasteiger partial charge < -0.3 is 4.90 Å². The molecule has 3 heterocycles. The third kappa shape index (κ3) is 2.97. The van der Waals surface area contributed by atoms with E-state index in [0.29, 0.717) is 18.5 Å². The zero-order chi connectivity index (χ0) is 16.5. The molecule has 3 aliphatic rings. The van der Waals surface area contributed by atoms with E-state index in [2.05, 4.69) is 29.1 Å². The number of carbonyl (C=O) groups is 1. The number of fused-ring (bicyclic) bond motifs is 1. The Labute approximate surface area is 143 Å². The lowest BCUT2D eigenvalue weighted by atomic mass is 9.92. The lowest BCUT2D eigenvalue weighted by molar-refractivity contribution is -0.136. The molecule has 1 saturated heterocycles. The van der Waals surface area contributed by atoms with Gasteiger partial charge in [0, 0.05) is 37.2 Å². The molecule has 1 aromatic heterocycles. The second-order valence-corrected chi connectivity index (χ2v) is 7.33. The molecule has 1 aliphatic carbocycles. The Balaban J connectivity index is 1.47. The first kappa shape index (κ1) is 15.8. The SMILES string of the molecule is CN1CCC[C@@H]1c1ncc2c(n1)CCN(C(=O)[C@@H]1CC=CCC1)C2. The molecule has 1 aromatic rings. The van der Waals surface area contributed by atoms with Gasteiger partial charge in [-0.2, -0.15) is 0 Å². The number of likely N-dealkylation sites (tertiary alicyclic amines) is 1. The zero-order valence-corrected chi connectivity index (χ0v) is 14.4. The van der Waals surface area contributed by atoms with E-state index in [9.17, 15) is 4.79 Å². The van der Waals surface area contributed by atoms with Crippen LogP contribution in [0, 0.1) is 5.92 Å². The summed E-state index contributed by atoms with van der Waals surface area (Å²) in [5.41, 5.74) is 2.28. The molecule has 2 atom stereocenters. The number of hydrogen-bond donors (Lipinski definition) is 0. The van der Waals surface area contributed by atoms with Crippen molar-refractivity contribution in [2.24, 2.45) is 5.92 Å². The van der Waals surface area contributed by atoms with Crippen LogP contribution in [0.2, 0.25) is 0 Å². The fourth-order valence-electron chi connectivity index (χ4n) is 4.19. The number of hydrogen-bond acceptors (Lipinski definition) is 4. The number of nitrogens with zero attached hydrogens (tertiary/aromatic N) is 4. The summed E-state index contributed by atoms with van der Waals surface area (Å²) in [5, 5.41) is 0. The standard InChI is InChI=1S/C19H26N4O/c1-22-10-5-8-17(22)18-20-12-15-13-23(11-9-16(15)21-18)19(24)14-6-3-2-4-7-14/h2-3,12,14,17H,4-11,13H2,1H3/t14-,17-/m1/s1. The molecule has 0 spiro atoms. The summed E-state index contributed by atoms with van der Waals surface area (Å²) in [6, 6.07) is 0.365. The monoisotopic (exact) mass is 326 g/mol. The number of carbonyl (C=O) groups excluding carboxylic acids is 1. The van der Waals surface area contributed by atoms with Crippen LogP contribution in [0.4, 0.5) is 0 Å². The zero-order valence-electron chi connectivity index (χ0n) is 14.4. The van der Waals surface area contributed by atoms with Gasteiger partial charge in [0.25, 0.3) is 0 Å². The minimum atomic E-state index is 0.170. The lowest BCUT2D eigenvalue weighted by Gasteiger charge is -2.32. The predicted molar refractivity (Wildman–Crippen MR) is 92.2 cm³/mol. The molecule has 24 heavy (non-hydrogen) atoms. The van der Waals surface area contributed by atoms with Gasteiger partial charge in [0.1, 0.15) is 5.82 Å². The van der Waals surface area contributed by atoms with Gasteiger partial charge in [-0.1, -0.05) is 12.2 Å². The first-order valence-electron chi connectivity index (χ1n) is 9.21. The fraction of sp³-hybridized carbons (Fsp3) is 0.632. The van der Waals surface area contributed by atoms with Crippen LogP contribution in [0.1, 0.15) is 55.2 Å². The molecule has 0 bridgehead atoms. The average Bonchev–Trinajstić information content (AvgIpc) is 3.07. The van der Waals surface area contributed by atoms with Gasteiger partial charge in [-0.3, -0.25) is 9.69 Å². The highest BCUT2D eigenvalue weighted by atomic mass is 16.2. The normalized spacial score (nSPS) is 27.3. The second-order valence-electron chi connectivity index (χ2n) is 7.33. The summed E-state index contributed by atoms with van der Waals surface area (Å²) in [7, 11) is 2.15. The molecule has 0 unspecified atom stereocenters. The second kappa shape index (κ2) is 6.63. The van der Waals surface area contributed by atoms with Crippen LogP contribution in [0.25, 0.3) is 0 Å². The van der Waals surface area contributed by atoms with Crippen molar-refractivity contribution in [3.05, 3.63) is 35.4 Å². The van der Waals surface area contributed by atoms with Gasteiger partial charge in [0.2, 0.25) is 5.91 Å². The van der Waals surface area contributed by atoms with Gasteiger partial charge in [-0.05, 0) is 45.7 Å². The summed E-state index contributed by atoms with van der Waals surface area (Å²) >= 11 is 0. The molecule has 1 fully saturated rings. The van der Waals surface area contributed by atoms with Gasteiger partial charge in [0.15, 0.2) is 0 Å². The molecule has 4 rings (SSSR count). The van der Waals surface area contributed by atoms with Crippen LogP contribution in [-0.4, -0.2) is 45.8 Å². The highest BCUT2D eigenvalue weighted by Crippen LogP contribution is 2.29.